The number of aromatic nitrogens is 2. The Labute approximate surface area is 145 Å². The first-order valence-electron chi connectivity index (χ1n) is 7.34. The minimum absolute atomic E-state index is 0.0992. The highest BCUT2D eigenvalue weighted by Crippen LogP contribution is 2.29. The van der Waals surface area contributed by atoms with Crippen LogP contribution in [-0.4, -0.2) is 45.3 Å². The Bertz CT molecular complexity index is 887. The molecule has 0 radical (unpaired) electrons. The van der Waals surface area contributed by atoms with Crippen molar-refractivity contribution >= 4 is 16.0 Å². The average molecular weight is 395 g/mol. The van der Waals surface area contributed by atoms with E-state index in [2.05, 4.69) is 19.0 Å². The second-order valence-corrected chi connectivity index (χ2v) is 8.31. The predicted molar refractivity (Wildman–Crippen MR) is 83.4 cm³/mol. The van der Waals surface area contributed by atoms with Crippen LogP contribution in [0.2, 0.25) is 0 Å². The van der Waals surface area contributed by atoms with Gasteiger partial charge in [0.25, 0.3) is 5.91 Å². The lowest BCUT2D eigenvalue weighted by molar-refractivity contribution is -0.159. The van der Waals surface area contributed by atoms with Gasteiger partial charge in [-0.25, -0.2) is 4.39 Å². The fraction of sp³-hybridized carbons (Fsp3) is 0.357. The summed E-state index contributed by atoms with van der Waals surface area (Å²) in [5.41, 5.74) is -0.508. The van der Waals surface area contributed by atoms with Gasteiger partial charge in [0.2, 0.25) is 5.82 Å². The summed E-state index contributed by atoms with van der Waals surface area (Å²) in [7, 11) is -2.87. The van der Waals surface area contributed by atoms with E-state index in [-0.39, 0.29) is 30.3 Å². The average Bonchev–Trinajstić information content (AvgIpc) is 3.05. The SMILES string of the molecule is O=C(N=[SH]1(O)CCOCC1)c1ccc(-c2noc(C(F)(F)F)n2)cc1F. The zero-order chi connectivity index (χ0) is 18.9. The molecule has 1 amide bonds. The van der Waals surface area contributed by atoms with Gasteiger partial charge in [-0.1, -0.05) is 21.3 Å². The zero-order valence-electron chi connectivity index (χ0n) is 13.0. The number of benzene rings is 1. The molecule has 1 aliphatic heterocycles. The summed E-state index contributed by atoms with van der Waals surface area (Å²) >= 11 is 0. The molecule has 1 N–H and O–H groups in total. The van der Waals surface area contributed by atoms with E-state index in [0.29, 0.717) is 0 Å². The highest BCUT2D eigenvalue weighted by molar-refractivity contribution is 8.00. The Morgan fingerprint density at radius 3 is 2.54 bits per heavy atom. The molecule has 0 saturated carbocycles. The molecular formula is C14H13F4N3O4S. The van der Waals surface area contributed by atoms with Crippen molar-refractivity contribution in [3.05, 3.63) is 35.5 Å². The minimum atomic E-state index is -4.82. The van der Waals surface area contributed by atoms with Gasteiger partial charge in [-0.05, 0) is 12.1 Å². The summed E-state index contributed by atoms with van der Waals surface area (Å²) in [4.78, 5) is 15.3. The van der Waals surface area contributed by atoms with Crippen molar-refractivity contribution in [2.45, 2.75) is 6.18 Å². The number of nitrogens with zero attached hydrogens (tertiary/aromatic N) is 3. The van der Waals surface area contributed by atoms with Gasteiger partial charge >= 0.3 is 12.1 Å². The van der Waals surface area contributed by atoms with Crippen LogP contribution >= 0.6 is 0 Å². The van der Waals surface area contributed by atoms with Gasteiger partial charge in [0, 0.05) is 17.1 Å². The van der Waals surface area contributed by atoms with Crippen molar-refractivity contribution in [2.24, 2.45) is 4.36 Å². The molecule has 7 nitrogen and oxygen atoms in total. The van der Waals surface area contributed by atoms with E-state index in [1.54, 1.807) is 0 Å². The van der Waals surface area contributed by atoms with E-state index in [9.17, 15) is 26.9 Å². The van der Waals surface area contributed by atoms with Crippen molar-refractivity contribution < 1.29 is 36.2 Å². The molecule has 1 aliphatic rings. The fourth-order valence-corrected chi connectivity index (χ4v) is 3.95. The molecule has 1 aromatic carbocycles. The summed E-state index contributed by atoms with van der Waals surface area (Å²) in [5.74, 6) is -3.56. The van der Waals surface area contributed by atoms with Crippen LogP contribution in [0.4, 0.5) is 17.6 Å². The summed E-state index contributed by atoms with van der Waals surface area (Å²) in [6.07, 6.45) is -4.82. The Hall–Kier alpha value is -2.18. The van der Waals surface area contributed by atoms with Gasteiger partial charge in [0.1, 0.15) is 5.82 Å². The van der Waals surface area contributed by atoms with Gasteiger partial charge in [0.05, 0.1) is 18.8 Å². The molecule has 12 heteroatoms. The molecule has 3 rings (SSSR count). The van der Waals surface area contributed by atoms with Crippen LogP contribution in [0.5, 0.6) is 0 Å². The van der Waals surface area contributed by atoms with Crippen LogP contribution in [-0.2, 0) is 21.0 Å². The van der Waals surface area contributed by atoms with Gasteiger partial charge in [-0.15, -0.1) is 0 Å². The third kappa shape index (κ3) is 3.97. The lowest BCUT2D eigenvalue weighted by atomic mass is 10.1. The lowest BCUT2D eigenvalue weighted by Crippen LogP contribution is -2.32. The zero-order valence-corrected chi connectivity index (χ0v) is 13.9. The van der Waals surface area contributed by atoms with E-state index in [1.165, 1.54) is 6.07 Å². The maximum atomic E-state index is 14.2. The van der Waals surface area contributed by atoms with Crippen LogP contribution < -0.4 is 0 Å². The molecule has 1 aromatic heterocycles. The van der Waals surface area contributed by atoms with E-state index in [4.69, 9.17) is 4.74 Å². The standard InChI is InChI=1S/C14H13F4N3O4S/c15-10-7-8(11-19-13(25-20-11)14(16,17)18)1-2-9(10)12(22)21-26(23)5-3-24-4-6-26/h1-2,7,26H,3-6H2,(H,21,22,23). The number of alkyl halides is 3. The summed E-state index contributed by atoms with van der Waals surface area (Å²) in [6.45, 7) is 0.531. The van der Waals surface area contributed by atoms with Crippen LogP contribution in [0.15, 0.2) is 27.1 Å². The molecule has 0 bridgehead atoms. The second kappa shape index (κ2) is 6.85. The smallest absolute Gasteiger partial charge is 0.380 e. The third-order valence-electron chi connectivity index (χ3n) is 3.59. The Morgan fingerprint density at radius 2 is 1.96 bits per heavy atom. The highest BCUT2D eigenvalue weighted by atomic mass is 32.3. The molecular weight excluding hydrogens is 382 g/mol. The molecule has 0 aliphatic carbocycles. The number of hydrogen-bond donors (Lipinski definition) is 2. The van der Waals surface area contributed by atoms with Crippen LogP contribution in [0.25, 0.3) is 11.4 Å². The quantitative estimate of drug-likeness (QED) is 0.599. The Balaban J connectivity index is 1.87. The second-order valence-electron chi connectivity index (χ2n) is 5.46. The topological polar surface area (TPSA) is 97.8 Å². The minimum Gasteiger partial charge on any atom is -0.380 e. The van der Waals surface area contributed by atoms with Crippen molar-refractivity contribution in [3.63, 3.8) is 0 Å². The number of rotatable bonds is 2. The first kappa shape index (κ1) is 18.6. The maximum Gasteiger partial charge on any atom is 0.471 e. The molecule has 0 spiro atoms. The van der Waals surface area contributed by atoms with Crippen molar-refractivity contribution in [1.29, 1.82) is 0 Å². The number of thiol groups is 1. The maximum absolute atomic E-state index is 14.2. The molecule has 0 unspecified atom stereocenters. The molecule has 2 aromatic rings. The Kier molecular flexibility index (Phi) is 4.90. The fourth-order valence-electron chi connectivity index (χ4n) is 2.24. The first-order chi connectivity index (χ1) is 12.2. The van der Waals surface area contributed by atoms with Crippen LogP contribution in [0.3, 0.4) is 0 Å². The summed E-state index contributed by atoms with van der Waals surface area (Å²) < 4.78 is 74.8. The van der Waals surface area contributed by atoms with Crippen LogP contribution in [0.1, 0.15) is 16.2 Å². The van der Waals surface area contributed by atoms with Crippen molar-refractivity contribution in [2.75, 3.05) is 24.7 Å². The number of hydrogen-bond acceptors (Lipinski definition) is 5. The van der Waals surface area contributed by atoms with Crippen molar-refractivity contribution in [3.8, 4) is 11.4 Å². The number of ether oxygens (including phenoxy) is 1. The molecule has 142 valence electrons. The van der Waals surface area contributed by atoms with Crippen LogP contribution in [0, 0.1) is 5.82 Å². The molecule has 0 atom stereocenters. The van der Waals surface area contributed by atoms with E-state index in [1.807, 2.05) is 0 Å². The van der Waals surface area contributed by atoms with Crippen molar-refractivity contribution in [1.82, 2.24) is 10.1 Å². The predicted octanol–water partition coefficient (Wildman–Crippen LogP) is 2.61. The molecule has 1 saturated heterocycles. The molecule has 2 heterocycles. The van der Waals surface area contributed by atoms with E-state index < -0.39 is 45.3 Å². The number of halogens is 4. The normalized spacial score (nSPS) is 18.3. The molecule has 1 fully saturated rings. The number of carbonyl (C=O) groups excluding carboxylic acids is 1. The number of carbonyl (C=O) groups is 1. The van der Waals surface area contributed by atoms with Gasteiger partial charge < -0.3 is 13.8 Å². The summed E-state index contributed by atoms with van der Waals surface area (Å²) in [5, 5.41) is 3.14. The van der Waals surface area contributed by atoms with E-state index in [0.717, 1.165) is 12.1 Å². The monoisotopic (exact) mass is 395 g/mol. The largest absolute Gasteiger partial charge is 0.471 e. The van der Waals surface area contributed by atoms with Gasteiger partial charge in [-0.3, -0.25) is 4.79 Å². The molecule has 26 heavy (non-hydrogen) atoms. The third-order valence-corrected chi connectivity index (χ3v) is 5.94. The van der Waals surface area contributed by atoms with Gasteiger partial charge in [-0.2, -0.15) is 22.5 Å². The Morgan fingerprint density at radius 1 is 1.27 bits per heavy atom. The lowest BCUT2D eigenvalue weighted by Gasteiger charge is -2.27. The van der Waals surface area contributed by atoms with E-state index >= 15 is 0 Å². The van der Waals surface area contributed by atoms with Gasteiger partial charge in [0.15, 0.2) is 0 Å². The summed E-state index contributed by atoms with van der Waals surface area (Å²) in [6, 6.07) is 3.02. The highest BCUT2D eigenvalue weighted by Gasteiger charge is 2.38. The first-order valence-corrected chi connectivity index (χ1v) is 9.40. The number of amides is 1.